The van der Waals surface area contributed by atoms with E-state index >= 15 is 0 Å². The van der Waals surface area contributed by atoms with E-state index in [0.717, 1.165) is 21.8 Å². The van der Waals surface area contributed by atoms with E-state index < -0.39 is 6.10 Å². The highest BCUT2D eigenvalue weighted by atomic mass is 32.1. The Morgan fingerprint density at radius 1 is 1.15 bits per heavy atom. The third-order valence-corrected chi connectivity index (χ3v) is 6.46. The van der Waals surface area contributed by atoms with Crippen molar-refractivity contribution in [1.29, 1.82) is 0 Å². The second-order valence-electron chi connectivity index (χ2n) is 7.61. The van der Waals surface area contributed by atoms with Gasteiger partial charge in [-0.15, -0.1) is 11.3 Å². The van der Waals surface area contributed by atoms with Crippen molar-refractivity contribution in [3.63, 3.8) is 0 Å². The molecule has 1 N–H and O–H groups in total. The first-order chi connectivity index (χ1) is 16.1. The fourth-order valence-corrected chi connectivity index (χ4v) is 4.66. The van der Waals surface area contributed by atoms with Gasteiger partial charge >= 0.3 is 0 Å². The van der Waals surface area contributed by atoms with E-state index in [1.807, 2.05) is 48.5 Å². The van der Waals surface area contributed by atoms with E-state index in [0.29, 0.717) is 28.3 Å². The van der Waals surface area contributed by atoms with E-state index in [1.165, 1.54) is 22.2 Å². The van der Waals surface area contributed by atoms with Crippen LogP contribution in [0.2, 0.25) is 0 Å². The van der Waals surface area contributed by atoms with E-state index in [1.54, 1.807) is 7.11 Å². The van der Waals surface area contributed by atoms with Crippen LogP contribution in [0.5, 0.6) is 17.2 Å². The number of aromatic nitrogens is 2. The van der Waals surface area contributed by atoms with Gasteiger partial charge in [0.05, 0.1) is 44.8 Å². The van der Waals surface area contributed by atoms with E-state index in [2.05, 4.69) is 4.98 Å². The summed E-state index contributed by atoms with van der Waals surface area (Å²) >= 11 is 1.38. The zero-order valence-corrected chi connectivity index (χ0v) is 18.7. The molecule has 1 aliphatic rings. The molecular weight excluding hydrogens is 444 g/mol. The first-order valence-corrected chi connectivity index (χ1v) is 11.2. The molecule has 8 nitrogen and oxygen atoms in total. The van der Waals surface area contributed by atoms with Gasteiger partial charge in [0.25, 0.3) is 5.56 Å². The molecular formula is C24H22N2O6S. The molecule has 9 heteroatoms. The molecule has 0 bridgehead atoms. The average molecular weight is 467 g/mol. The lowest BCUT2D eigenvalue weighted by Crippen LogP contribution is -2.29. The van der Waals surface area contributed by atoms with Gasteiger partial charge in [-0.2, -0.15) is 0 Å². The average Bonchev–Trinajstić information content (AvgIpc) is 3.48. The Hall–Kier alpha value is -3.40. The second kappa shape index (κ2) is 9.22. The summed E-state index contributed by atoms with van der Waals surface area (Å²) in [6, 6.07) is 15.1. The SMILES string of the molecule is COc1ccc(-c2cc3ncn(C[C@@H](O)COCc4ccc5c(c4)OCO5)c(=O)c3s2)cc1. The molecule has 0 saturated carbocycles. The van der Waals surface area contributed by atoms with Crippen LogP contribution in [0, 0.1) is 0 Å². The minimum absolute atomic E-state index is 0.0838. The maximum absolute atomic E-state index is 12.9. The van der Waals surface area contributed by atoms with Gasteiger partial charge in [-0.3, -0.25) is 9.36 Å². The molecule has 0 fully saturated rings. The predicted octanol–water partition coefficient (Wildman–Crippen LogP) is 3.44. The third kappa shape index (κ3) is 4.56. The topological polar surface area (TPSA) is 92.0 Å². The van der Waals surface area contributed by atoms with Crippen molar-refractivity contribution in [2.24, 2.45) is 0 Å². The van der Waals surface area contributed by atoms with Crippen molar-refractivity contribution < 1.29 is 24.1 Å². The Balaban J connectivity index is 1.23. The van der Waals surface area contributed by atoms with Crippen molar-refractivity contribution in [3.8, 4) is 27.7 Å². The molecule has 1 atom stereocenters. The van der Waals surface area contributed by atoms with E-state index in [9.17, 15) is 9.90 Å². The Kier molecular flexibility index (Phi) is 5.99. The number of fused-ring (bicyclic) bond motifs is 2. The quantitative estimate of drug-likeness (QED) is 0.425. The Morgan fingerprint density at radius 3 is 2.79 bits per heavy atom. The van der Waals surface area contributed by atoms with Crippen LogP contribution < -0.4 is 19.8 Å². The summed E-state index contributed by atoms with van der Waals surface area (Å²) in [6.07, 6.45) is 0.618. The maximum Gasteiger partial charge on any atom is 0.271 e. The molecule has 0 radical (unpaired) electrons. The minimum atomic E-state index is -0.850. The lowest BCUT2D eigenvalue weighted by atomic mass is 10.2. The van der Waals surface area contributed by atoms with E-state index in [4.69, 9.17) is 18.9 Å². The van der Waals surface area contributed by atoms with Crippen LogP contribution in [-0.2, 0) is 17.9 Å². The minimum Gasteiger partial charge on any atom is -0.497 e. The standard InChI is InChI=1S/C24H22N2O6S/c1-29-18-5-3-16(4-6-18)22-9-19-23(33-22)24(28)26(13-25-19)10-17(27)12-30-11-15-2-7-20-21(8-15)32-14-31-20/h2-9,13,17,27H,10-12,14H2,1H3/t17-/m1/s1. The fraction of sp³-hybridized carbons (Fsp3) is 0.250. The van der Waals surface area contributed by atoms with Crippen LogP contribution in [-0.4, -0.2) is 41.3 Å². The molecule has 0 amide bonds. The number of hydrogen-bond donors (Lipinski definition) is 1. The van der Waals surface area contributed by atoms with Crippen molar-refractivity contribution in [2.45, 2.75) is 19.3 Å². The molecule has 0 spiro atoms. The summed E-state index contributed by atoms with van der Waals surface area (Å²) < 4.78 is 23.5. The summed E-state index contributed by atoms with van der Waals surface area (Å²) in [5.41, 5.74) is 2.36. The van der Waals surface area contributed by atoms with Gasteiger partial charge < -0.3 is 24.1 Å². The van der Waals surface area contributed by atoms with Crippen LogP contribution in [0.1, 0.15) is 5.56 Å². The van der Waals surface area contributed by atoms with Gasteiger partial charge in [-0.1, -0.05) is 6.07 Å². The highest BCUT2D eigenvalue weighted by Gasteiger charge is 2.15. The Labute approximate surface area is 193 Å². The number of rotatable bonds is 8. The summed E-state index contributed by atoms with van der Waals surface area (Å²) in [4.78, 5) is 18.3. The first-order valence-electron chi connectivity index (χ1n) is 10.4. The molecule has 0 unspecified atom stereocenters. The molecule has 0 aliphatic carbocycles. The van der Waals surface area contributed by atoms with Gasteiger partial charge in [0.2, 0.25) is 6.79 Å². The fourth-order valence-electron chi connectivity index (χ4n) is 3.60. The molecule has 1 aliphatic heterocycles. The summed E-state index contributed by atoms with van der Waals surface area (Å²) in [7, 11) is 1.62. The number of ether oxygens (including phenoxy) is 4. The van der Waals surface area contributed by atoms with Crippen LogP contribution in [0.3, 0.4) is 0 Å². The molecule has 2 aromatic heterocycles. The largest absolute Gasteiger partial charge is 0.497 e. The van der Waals surface area contributed by atoms with Crippen LogP contribution >= 0.6 is 11.3 Å². The number of methoxy groups -OCH3 is 1. The molecule has 33 heavy (non-hydrogen) atoms. The molecule has 4 aromatic rings. The van der Waals surface area contributed by atoms with Crippen LogP contribution in [0.25, 0.3) is 20.7 Å². The number of hydrogen-bond acceptors (Lipinski definition) is 8. The van der Waals surface area contributed by atoms with Gasteiger partial charge in [0, 0.05) is 4.88 Å². The normalized spacial score (nSPS) is 13.4. The first kappa shape index (κ1) is 21.4. The van der Waals surface area contributed by atoms with Gasteiger partial charge in [-0.05, 0) is 53.6 Å². The second-order valence-corrected chi connectivity index (χ2v) is 8.66. The van der Waals surface area contributed by atoms with Crippen molar-refractivity contribution in [1.82, 2.24) is 9.55 Å². The molecule has 170 valence electrons. The van der Waals surface area contributed by atoms with Crippen molar-refractivity contribution >= 4 is 21.6 Å². The lowest BCUT2D eigenvalue weighted by Gasteiger charge is -2.13. The predicted molar refractivity (Wildman–Crippen MR) is 124 cm³/mol. The van der Waals surface area contributed by atoms with E-state index in [-0.39, 0.29) is 25.5 Å². The number of nitrogens with zero attached hydrogens (tertiary/aromatic N) is 2. The number of benzene rings is 2. The molecule has 3 heterocycles. The highest BCUT2D eigenvalue weighted by Crippen LogP contribution is 2.33. The van der Waals surface area contributed by atoms with Crippen molar-refractivity contribution in [2.75, 3.05) is 20.5 Å². The molecule has 2 aromatic carbocycles. The monoisotopic (exact) mass is 466 g/mol. The van der Waals surface area contributed by atoms with Crippen LogP contribution in [0.4, 0.5) is 0 Å². The zero-order chi connectivity index (χ0) is 22.8. The number of aliphatic hydroxyl groups excluding tert-OH is 1. The smallest absolute Gasteiger partial charge is 0.271 e. The molecule has 0 saturated heterocycles. The maximum atomic E-state index is 12.9. The summed E-state index contributed by atoms with van der Waals surface area (Å²) in [6.45, 7) is 0.715. The van der Waals surface area contributed by atoms with Gasteiger partial charge in [0.1, 0.15) is 10.4 Å². The van der Waals surface area contributed by atoms with Gasteiger partial charge in [-0.25, -0.2) is 4.98 Å². The highest BCUT2D eigenvalue weighted by molar-refractivity contribution is 7.22. The van der Waals surface area contributed by atoms with Gasteiger partial charge in [0.15, 0.2) is 11.5 Å². The summed E-state index contributed by atoms with van der Waals surface area (Å²) in [5, 5.41) is 10.4. The Morgan fingerprint density at radius 2 is 1.97 bits per heavy atom. The van der Waals surface area contributed by atoms with Crippen molar-refractivity contribution in [3.05, 3.63) is 70.8 Å². The Bertz CT molecular complexity index is 1330. The zero-order valence-electron chi connectivity index (χ0n) is 17.9. The lowest BCUT2D eigenvalue weighted by molar-refractivity contribution is 0.0198. The summed E-state index contributed by atoms with van der Waals surface area (Å²) in [5.74, 6) is 2.17. The molecule has 5 rings (SSSR count). The number of thiophene rings is 1. The third-order valence-electron chi connectivity index (χ3n) is 5.30. The van der Waals surface area contributed by atoms with Crippen LogP contribution in [0.15, 0.2) is 59.7 Å². The number of aliphatic hydroxyl groups is 1.